The van der Waals surface area contributed by atoms with E-state index in [-0.39, 0.29) is 5.91 Å². The molecule has 136 valence electrons. The van der Waals surface area contributed by atoms with E-state index in [1.165, 1.54) is 6.42 Å². The lowest BCUT2D eigenvalue weighted by atomic mass is 9.86. The highest BCUT2D eigenvalue weighted by atomic mass is 16.3. The number of rotatable bonds is 4. The van der Waals surface area contributed by atoms with Crippen molar-refractivity contribution in [1.82, 2.24) is 9.80 Å². The van der Waals surface area contributed by atoms with Crippen LogP contribution in [0.25, 0.3) is 0 Å². The Kier molecular flexibility index (Phi) is 8.56. The minimum absolute atomic E-state index is 0.157. The second-order valence-electron chi connectivity index (χ2n) is 7.26. The Labute approximate surface area is 143 Å². The van der Waals surface area contributed by atoms with Crippen molar-refractivity contribution in [3.63, 3.8) is 0 Å². The third-order valence-corrected chi connectivity index (χ3v) is 5.48. The summed E-state index contributed by atoms with van der Waals surface area (Å²) in [6.45, 7) is 14.2. The number of likely N-dealkylation sites (tertiary alicyclic amines) is 2. The number of hydrogen-bond donors (Lipinski definition) is 1. The number of carbonyl (C=O) groups is 1. The van der Waals surface area contributed by atoms with Crippen LogP contribution in [-0.4, -0.2) is 58.6 Å². The fraction of sp³-hybridized carbons (Fsp3) is 0.947. The fourth-order valence-electron chi connectivity index (χ4n) is 3.62. The molecule has 1 N–H and O–H groups in total. The van der Waals surface area contributed by atoms with Crippen molar-refractivity contribution in [3.8, 4) is 0 Å². The van der Waals surface area contributed by atoms with Crippen LogP contribution in [0.4, 0.5) is 0 Å². The molecule has 2 aliphatic heterocycles. The standard InChI is InChI=1S/C17H32N2O2.C2H6/c1-4-15-5-9-19(10-6-15)16(20)13-17(21)7-11-18(12-8-17)14(2)3;1-2/h14-15,21H,4-13H2,1-3H3;1-2H3. The van der Waals surface area contributed by atoms with Crippen molar-refractivity contribution in [2.45, 2.75) is 84.8 Å². The van der Waals surface area contributed by atoms with E-state index in [2.05, 4.69) is 25.7 Å². The first-order chi connectivity index (χ1) is 10.9. The predicted molar refractivity (Wildman–Crippen MR) is 96.5 cm³/mol. The quantitative estimate of drug-likeness (QED) is 0.862. The van der Waals surface area contributed by atoms with Crippen molar-refractivity contribution >= 4 is 5.91 Å². The molecule has 4 nitrogen and oxygen atoms in total. The molecule has 4 heteroatoms. The summed E-state index contributed by atoms with van der Waals surface area (Å²) in [5.74, 6) is 0.941. The average molecular weight is 327 g/mol. The van der Waals surface area contributed by atoms with Crippen molar-refractivity contribution in [2.24, 2.45) is 5.92 Å². The second-order valence-corrected chi connectivity index (χ2v) is 7.26. The predicted octanol–water partition coefficient (Wildman–Crippen LogP) is 3.29. The first kappa shape index (κ1) is 20.4. The Balaban J connectivity index is 0.00000127. The van der Waals surface area contributed by atoms with Gasteiger partial charge >= 0.3 is 0 Å². The summed E-state index contributed by atoms with van der Waals surface area (Å²) in [5, 5.41) is 10.7. The lowest BCUT2D eigenvalue weighted by Crippen LogP contribution is -2.50. The van der Waals surface area contributed by atoms with Gasteiger partial charge in [0.15, 0.2) is 0 Å². The summed E-state index contributed by atoms with van der Waals surface area (Å²) in [6, 6.07) is 0.526. The summed E-state index contributed by atoms with van der Waals surface area (Å²) in [5.41, 5.74) is -0.774. The molecule has 2 aliphatic rings. The molecule has 1 amide bonds. The van der Waals surface area contributed by atoms with Crippen LogP contribution in [0.5, 0.6) is 0 Å². The van der Waals surface area contributed by atoms with Crippen molar-refractivity contribution in [1.29, 1.82) is 0 Å². The van der Waals surface area contributed by atoms with Gasteiger partial charge in [0.1, 0.15) is 0 Å². The summed E-state index contributed by atoms with van der Waals surface area (Å²) in [7, 11) is 0. The maximum atomic E-state index is 12.4. The van der Waals surface area contributed by atoms with E-state index in [4.69, 9.17) is 0 Å². The van der Waals surface area contributed by atoms with Gasteiger partial charge in [0.25, 0.3) is 0 Å². The zero-order valence-corrected chi connectivity index (χ0v) is 16.0. The highest BCUT2D eigenvalue weighted by molar-refractivity contribution is 5.77. The SMILES string of the molecule is CC.CCC1CCN(C(=O)CC2(O)CCN(C(C)C)CC2)CC1. The molecule has 0 aromatic heterocycles. The van der Waals surface area contributed by atoms with Crippen molar-refractivity contribution in [2.75, 3.05) is 26.2 Å². The summed E-state index contributed by atoms with van der Waals surface area (Å²) in [6.07, 6.45) is 5.24. The zero-order chi connectivity index (χ0) is 17.5. The van der Waals surface area contributed by atoms with Gasteiger partial charge in [0.2, 0.25) is 5.91 Å². The van der Waals surface area contributed by atoms with Gasteiger partial charge in [0, 0.05) is 32.2 Å². The molecule has 0 radical (unpaired) electrons. The van der Waals surface area contributed by atoms with Gasteiger partial charge in [-0.2, -0.15) is 0 Å². The largest absolute Gasteiger partial charge is 0.389 e. The maximum Gasteiger partial charge on any atom is 0.225 e. The van der Waals surface area contributed by atoms with Crippen LogP contribution in [0.1, 0.15) is 73.1 Å². The highest BCUT2D eigenvalue weighted by Gasteiger charge is 2.36. The third kappa shape index (κ3) is 6.07. The molecule has 2 rings (SSSR count). The van der Waals surface area contributed by atoms with E-state index in [1.54, 1.807) is 0 Å². The van der Waals surface area contributed by atoms with E-state index in [0.717, 1.165) is 57.8 Å². The molecule has 2 saturated heterocycles. The molecule has 0 bridgehead atoms. The number of nitrogens with zero attached hydrogens (tertiary/aromatic N) is 2. The summed E-state index contributed by atoms with van der Waals surface area (Å²) >= 11 is 0. The average Bonchev–Trinajstić information content (AvgIpc) is 2.57. The molecule has 2 fully saturated rings. The van der Waals surface area contributed by atoms with E-state index >= 15 is 0 Å². The van der Waals surface area contributed by atoms with E-state index in [9.17, 15) is 9.90 Å². The van der Waals surface area contributed by atoms with Crippen LogP contribution in [0.15, 0.2) is 0 Å². The first-order valence-electron chi connectivity index (χ1n) is 9.68. The molecule has 0 aliphatic carbocycles. The fourth-order valence-corrected chi connectivity index (χ4v) is 3.62. The zero-order valence-electron chi connectivity index (χ0n) is 16.0. The van der Waals surface area contributed by atoms with Crippen LogP contribution in [-0.2, 0) is 4.79 Å². The maximum absolute atomic E-state index is 12.4. The Morgan fingerprint density at radius 1 is 1.13 bits per heavy atom. The van der Waals surface area contributed by atoms with E-state index in [0.29, 0.717) is 12.5 Å². The molecule has 0 saturated carbocycles. The summed E-state index contributed by atoms with van der Waals surface area (Å²) in [4.78, 5) is 16.8. The van der Waals surface area contributed by atoms with Gasteiger partial charge in [-0.1, -0.05) is 27.2 Å². The lowest BCUT2D eigenvalue weighted by molar-refractivity contribution is -0.140. The lowest BCUT2D eigenvalue weighted by Gasteiger charge is -2.41. The van der Waals surface area contributed by atoms with Crippen molar-refractivity contribution < 1.29 is 9.90 Å². The number of amides is 1. The molecule has 2 heterocycles. The van der Waals surface area contributed by atoms with Crippen LogP contribution in [0, 0.1) is 5.92 Å². The van der Waals surface area contributed by atoms with Gasteiger partial charge in [-0.15, -0.1) is 0 Å². The Bertz CT molecular complexity index is 341. The molecule has 23 heavy (non-hydrogen) atoms. The van der Waals surface area contributed by atoms with Crippen LogP contribution in [0.2, 0.25) is 0 Å². The Morgan fingerprint density at radius 2 is 1.65 bits per heavy atom. The number of carbonyl (C=O) groups excluding carboxylic acids is 1. The minimum atomic E-state index is -0.774. The topological polar surface area (TPSA) is 43.8 Å². The molecule has 0 spiro atoms. The van der Waals surface area contributed by atoms with Gasteiger partial charge in [-0.3, -0.25) is 4.79 Å². The van der Waals surface area contributed by atoms with Crippen LogP contribution in [0.3, 0.4) is 0 Å². The molecule has 0 aromatic rings. The Morgan fingerprint density at radius 3 is 2.09 bits per heavy atom. The van der Waals surface area contributed by atoms with Gasteiger partial charge < -0.3 is 14.9 Å². The van der Waals surface area contributed by atoms with E-state index in [1.807, 2.05) is 18.7 Å². The summed E-state index contributed by atoms with van der Waals surface area (Å²) < 4.78 is 0. The normalized spacial score (nSPS) is 22.7. The molecule has 0 atom stereocenters. The number of hydrogen-bond acceptors (Lipinski definition) is 3. The molecule has 0 unspecified atom stereocenters. The smallest absolute Gasteiger partial charge is 0.225 e. The number of aliphatic hydroxyl groups is 1. The van der Waals surface area contributed by atoms with Crippen LogP contribution >= 0.6 is 0 Å². The molecule has 0 aromatic carbocycles. The highest BCUT2D eigenvalue weighted by Crippen LogP contribution is 2.28. The monoisotopic (exact) mass is 326 g/mol. The molecular weight excluding hydrogens is 288 g/mol. The minimum Gasteiger partial charge on any atom is -0.389 e. The molecular formula is C19H38N2O2. The van der Waals surface area contributed by atoms with Gasteiger partial charge in [0.05, 0.1) is 12.0 Å². The van der Waals surface area contributed by atoms with Crippen LogP contribution < -0.4 is 0 Å². The Hall–Kier alpha value is -0.610. The number of piperidine rings is 2. The van der Waals surface area contributed by atoms with Gasteiger partial charge in [-0.05, 0) is 45.4 Å². The van der Waals surface area contributed by atoms with Crippen molar-refractivity contribution in [3.05, 3.63) is 0 Å². The van der Waals surface area contributed by atoms with E-state index < -0.39 is 5.60 Å². The second kappa shape index (κ2) is 9.63. The van der Waals surface area contributed by atoms with Gasteiger partial charge in [-0.25, -0.2) is 0 Å². The first-order valence-corrected chi connectivity index (χ1v) is 9.68. The third-order valence-electron chi connectivity index (χ3n) is 5.48.